The van der Waals surface area contributed by atoms with Gasteiger partial charge >= 0.3 is 5.97 Å². The predicted octanol–water partition coefficient (Wildman–Crippen LogP) is 4.86. The lowest BCUT2D eigenvalue weighted by molar-refractivity contribution is 0.0695. The van der Waals surface area contributed by atoms with Gasteiger partial charge in [-0.2, -0.15) is 0 Å². The highest BCUT2D eigenvalue weighted by molar-refractivity contribution is 9.10. The molecule has 0 saturated carbocycles. The van der Waals surface area contributed by atoms with Crippen LogP contribution in [0.1, 0.15) is 10.6 Å². The highest BCUT2D eigenvalue weighted by Gasteiger charge is 2.24. The zero-order valence-corrected chi connectivity index (χ0v) is 16.5. The minimum atomic E-state index is -3.85. The Morgan fingerprint density at radius 3 is 2.00 bits per heavy atom. The third-order valence-electron chi connectivity index (χ3n) is 3.20. The molecule has 2 aromatic carbocycles. The molecule has 0 aliphatic carbocycles. The molecule has 0 amide bonds. The molecule has 0 unspecified atom stereocenters. The molecule has 128 valence electrons. The van der Waals surface area contributed by atoms with Crippen molar-refractivity contribution in [2.24, 2.45) is 0 Å². The first-order valence-corrected chi connectivity index (χ1v) is 10.0. The van der Waals surface area contributed by atoms with E-state index in [9.17, 15) is 13.2 Å². The van der Waals surface area contributed by atoms with Gasteiger partial charge in [0.05, 0.1) is 4.90 Å². The van der Waals surface area contributed by atoms with Gasteiger partial charge in [0.1, 0.15) is 5.75 Å². The zero-order chi connectivity index (χ0) is 18.0. The first kappa shape index (κ1) is 17.9. The standard InChI is InChI=1S/C17H10Br2O5S/c18-11-1-5-13(6-2-11)23-17(20)15-9-10-16(24-15)25(21,22)14-7-3-12(19)4-8-14/h1-10H. The zero-order valence-electron chi connectivity index (χ0n) is 12.5. The van der Waals surface area contributed by atoms with Crippen molar-refractivity contribution >= 4 is 47.7 Å². The summed E-state index contributed by atoms with van der Waals surface area (Å²) in [4.78, 5) is 12.2. The predicted molar refractivity (Wildman–Crippen MR) is 97.4 cm³/mol. The number of halogens is 2. The molecule has 0 atom stereocenters. The van der Waals surface area contributed by atoms with Crippen LogP contribution >= 0.6 is 31.9 Å². The molecule has 0 aliphatic rings. The van der Waals surface area contributed by atoms with Crippen molar-refractivity contribution in [2.45, 2.75) is 9.99 Å². The maximum atomic E-state index is 12.5. The number of rotatable bonds is 4. The van der Waals surface area contributed by atoms with Gasteiger partial charge < -0.3 is 9.15 Å². The van der Waals surface area contributed by atoms with E-state index in [1.54, 1.807) is 36.4 Å². The number of ether oxygens (including phenoxy) is 1. The van der Waals surface area contributed by atoms with Crippen molar-refractivity contribution in [3.8, 4) is 5.75 Å². The molecule has 0 N–H and O–H groups in total. The first-order chi connectivity index (χ1) is 11.9. The van der Waals surface area contributed by atoms with E-state index in [2.05, 4.69) is 31.9 Å². The van der Waals surface area contributed by atoms with Crippen molar-refractivity contribution in [3.05, 3.63) is 75.4 Å². The first-order valence-electron chi connectivity index (χ1n) is 6.94. The van der Waals surface area contributed by atoms with Crippen LogP contribution in [-0.4, -0.2) is 14.4 Å². The molecule has 0 spiro atoms. The number of sulfone groups is 1. The average molecular weight is 486 g/mol. The Bertz CT molecular complexity index is 1010. The molecular formula is C17H10Br2O5S. The van der Waals surface area contributed by atoms with Crippen molar-refractivity contribution in [2.75, 3.05) is 0 Å². The van der Waals surface area contributed by atoms with E-state index in [4.69, 9.17) is 9.15 Å². The summed E-state index contributed by atoms with van der Waals surface area (Å²) in [6.45, 7) is 0. The summed E-state index contributed by atoms with van der Waals surface area (Å²) in [5, 5.41) is -0.322. The second-order valence-corrected chi connectivity index (χ2v) is 8.63. The molecule has 3 aromatic rings. The molecule has 0 bridgehead atoms. The monoisotopic (exact) mass is 484 g/mol. The van der Waals surface area contributed by atoms with E-state index in [0.717, 1.165) is 8.95 Å². The van der Waals surface area contributed by atoms with Crippen LogP contribution in [0.2, 0.25) is 0 Å². The normalized spacial score (nSPS) is 11.3. The van der Waals surface area contributed by atoms with Gasteiger partial charge in [-0.3, -0.25) is 0 Å². The second-order valence-electron chi connectivity index (χ2n) is 4.92. The average Bonchev–Trinajstić information content (AvgIpc) is 3.08. The smallest absolute Gasteiger partial charge is 0.379 e. The van der Waals surface area contributed by atoms with Crippen LogP contribution in [0.3, 0.4) is 0 Å². The quantitative estimate of drug-likeness (QED) is 0.390. The molecule has 5 nitrogen and oxygen atoms in total. The van der Waals surface area contributed by atoms with Crippen molar-refractivity contribution in [3.63, 3.8) is 0 Å². The Balaban J connectivity index is 1.82. The van der Waals surface area contributed by atoms with Crippen LogP contribution in [0.15, 0.2) is 84.0 Å². The van der Waals surface area contributed by atoms with Gasteiger partial charge in [-0.25, -0.2) is 13.2 Å². The van der Waals surface area contributed by atoms with Gasteiger partial charge in [-0.15, -0.1) is 0 Å². The van der Waals surface area contributed by atoms with E-state index >= 15 is 0 Å². The lowest BCUT2D eigenvalue weighted by Gasteiger charge is -2.03. The number of carbonyl (C=O) groups is 1. The molecule has 25 heavy (non-hydrogen) atoms. The fourth-order valence-electron chi connectivity index (χ4n) is 1.96. The molecule has 3 rings (SSSR count). The van der Waals surface area contributed by atoms with Gasteiger partial charge in [0.2, 0.25) is 20.7 Å². The van der Waals surface area contributed by atoms with Crippen molar-refractivity contribution < 1.29 is 22.4 Å². The van der Waals surface area contributed by atoms with E-state index < -0.39 is 15.8 Å². The van der Waals surface area contributed by atoms with E-state index in [1.165, 1.54) is 24.3 Å². The molecule has 0 aliphatic heterocycles. The Kier molecular flexibility index (Phi) is 5.12. The largest absolute Gasteiger partial charge is 0.437 e. The van der Waals surface area contributed by atoms with E-state index in [1.807, 2.05) is 0 Å². The molecule has 0 radical (unpaired) electrons. The minimum absolute atomic E-state index is 0.0675. The van der Waals surface area contributed by atoms with Gasteiger partial charge in [0, 0.05) is 8.95 Å². The number of hydrogen-bond acceptors (Lipinski definition) is 5. The van der Waals surface area contributed by atoms with Gasteiger partial charge in [-0.1, -0.05) is 31.9 Å². The number of furan rings is 1. The third-order valence-corrected chi connectivity index (χ3v) is 5.89. The Morgan fingerprint density at radius 2 is 1.40 bits per heavy atom. The fraction of sp³-hybridized carbons (Fsp3) is 0. The maximum absolute atomic E-state index is 12.5. The maximum Gasteiger partial charge on any atom is 0.379 e. The Labute approximate surface area is 160 Å². The SMILES string of the molecule is O=C(Oc1ccc(Br)cc1)c1ccc(S(=O)(=O)c2ccc(Br)cc2)o1. The molecule has 0 fully saturated rings. The topological polar surface area (TPSA) is 73.6 Å². The van der Waals surface area contributed by atoms with E-state index in [-0.39, 0.29) is 15.7 Å². The molecule has 1 heterocycles. The van der Waals surface area contributed by atoms with Gasteiger partial charge in [-0.05, 0) is 60.7 Å². The van der Waals surface area contributed by atoms with Crippen LogP contribution in [0.25, 0.3) is 0 Å². The highest BCUT2D eigenvalue weighted by Crippen LogP contribution is 2.25. The van der Waals surface area contributed by atoms with Crippen molar-refractivity contribution in [1.82, 2.24) is 0 Å². The van der Waals surface area contributed by atoms with Crippen molar-refractivity contribution in [1.29, 1.82) is 0 Å². The summed E-state index contributed by atoms with van der Waals surface area (Å²) < 4.78 is 37.0. The fourth-order valence-corrected chi connectivity index (χ4v) is 3.67. The third kappa shape index (κ3) is 4.02. The summed E-state index contributed by atoms with van der Waals surface area (Å²) >= 11 is 6.52. The van der Waals surface area contributed by atoms with Crippen LogP contribution in [0, 0.1) is 0 Å². The highest BCUT2D eigenvalue weighted by atomic mass is 79.9. The molecule has 0 saturated heterocycles. The molecular weight excluding hydrogens is 476 g/mol. The van der Waals surface area contributed by atoms with Crippen LogP contribution in [-0.2, 0) is 9.84 Å². The summed E-state index contributed by atoms with van der Waals surface area (Å²) in [6, 6.07) is 15.3. The van der Waals surface area contributed by atoms with Gasteiger partial charge in [0.15, 0.2) is 0 Å². The Morgan fingerprint density at radius 1 is 0.840 bits per heavy atom. The lowest BCUT2D eigenvalue weighted by Crippen LogP contribution is -2.07. The number of carbonyl (C=O) groups excluding carboxylic acids is 1. The molecule has 1 aromatic heterocycles. The van der Waals surface area contributed by atoms with E-state index in [0.29, 0.717) is 5.75 Å². The summed E-state index contributed by atoms with van der Waals surface area (Å²) in [7, 11) is -3.85. The Hall–Kier alpha value is -1.90. The second kappa shape index (κ2) is 7.15. The molecule has 8 heteroatoms. The minimum Gasteiger partial charge on any atom is -0.437 e. The van der Waals surface area contributed by atoms with Crippen LogP contribution in [0.4, 0.5) is 0 Å². The number of esters is 1. The summed E-state index contributed by atoms with van der Waals surface area (Å²) in [5.41, 5.74) is 0. The summed E-state index contributed by atoms with van der Waals surface area (Å²) in [5.74, 6) is -0.653. The van der Waals surface area contributed by atoms with Crippen LogP contribution < -0.4 is 4.74 Å². The van der Waals surface area contributed by atoms with Gasteiger partial charge in [0.25, 0.3) is 0 Å². The van der Waals surface area contributed by atoms with Crippen LogP contribution in [0.5, 0.6) is 5.75 Å². The lowest BCUT2D eigenvalue weighted by atomic mass is 10.3. The number of hydrogen-bond donors (Lipinski definition) is 0. The summed E-state index contributed by atoms with van der Waals surface area (Å²) in [6.07, 6.45) is 0. The number of benzene rings is 2.